The summed E-state index contributed by atoms with van der Waals surface area (Å²) in [5, 5.41) is 0. The predicted octanol–water partition coefficient (Wildman–Crippen LogP) is 3.41. The van der Waals surface area contributed by atoms with Gasteiger partial charge in [0, 0.05) is 25.2 Å². The summed E-state index contributed by atoms with van der Waals surface area (Å²) >= 11 is 0. The smallest absolute Gasteiger partial charge is 0.223 e. The van der Waals surface area contributed by atoms with Crippen LogP contribution in [0.25, 0.3) is 0 Å². The van der Waals surface area contributed by atoms with Crippen LogP contribution in [0.5, 0.6) is 0 Å². The van der Waals surface area contributed by atoms with Crippen LogP contribution in [0.1, 0.15) is 51.5 Å². The van der Waals surface area contributed by atoms with Gasteiger partial charge in [0.15, 0.2) is 0 Å². The van der Waals surface area contributed by atoms with E-state index in [1.165, 1.54) is 12.0 Å². The number of carbonyl (C=O) groups is 1. The second-order valence-corrected chi connectivity index (χ2v) is 6.85. The summed E-state index contributed by atoms with van der Waals surface area (Å²) in [4.78, 5) is 14.5. The number of hydrogen-bond donors (Lipinski definition) is 1. The van der Waals surface area contributed by atoms with E-state index in [-0.39, 0.29) is 17.2 Å². The molecule has 0 bridgehead atoms. The fourth-order valence-corrected chi connectivity index (χ4v) is 2.97. The van der Waals surface area contributed by atoms with Crippen molar-refractivity contribution in [3.63, 3.8) is 0 Å². The summed E-state index contributed by atoms with van der Waals surface area (Å²) < 4.78 is 0. The molecule has 1 heterocycles. The zero-order valence-corrected chi connectivity index (χ0v) is 12.9. The molecule has 0 saturated carbocycles. The summed E-state index contributed by atoms with van der Waals surface area (Å²) in [5.74, 6) is 0.523. The van der Waals surface area contributed by atoms with Crippen LogP contribution in [0.3, 0.4) is 0 Å². The Morgan fingerprint density at radius 1 is 1.35 bits per heavy atom. The Morgan fingerprint density at radius 3 is 2.60 bits per heavy atom. The highest BCUT2D eigenvalue weighted by Gasteiger charge is 2.29. The quantitative estimate of drug-likeness (QED) is 0.859. The normalized spacial score (nSPS) is 19.6. The van der Waals surface area contributed by atoms with E-state index in [0.717, 1.165) is 25.2 Å². The monoisotopic (exact) mass is 274 g/mol. The van der Waals surface area contributed by atoms with Crippen molar-refractivity contribution in [2.45, 2.75) is 46.0 Å². The van der Waals surface area contributed by atoms with Gasteiger partial charge in [-0.15, -0.1) is 0 Å². The zero-order valence-electron chi connectivity index (χ0n) is 12.9. The molecule has 20 heavy (non-hydrogen) atoms. The molecule has 1 aliphatic rings. The number of benzene rings is 1. The maximum absolute atomic E-state index is 12.4. The molecule has 1 aromatic carbocycles. The average Bonchev–Trinajstić information content (AvgIpc) is 2.38. The number of rotatable bonds is 3. The maximum atomic E-state index is 12.4. The van der Waals surface area contributed by atoms with Gasteiger partial charge in [0.2, 0.25) is 5.91 Å². The number of carbonyl (C=O) groups excluding carboxylic acids is 1. The molecule has 0 spiro atoms. The molecule has 3 nitrogen and oxygen atoms in total. The molecule has 2 rings (SSSR count). The molecule has 0 radical (unpaired) electrons. The van der Waals surface area contributed by atoms with E-state index in [2.05, 4.69) is 20.8 Å². The summed E-state index contributed by atoms with van der Waals surface area (Å²) in [6.07, 6.45) is 2.92. The molecule has 1 unspecified atom stereocenters. The SMILES string of the molecule is CC(CC(=O)N1CCCC(C)(C)C1)c1ccc(N)cc1. The first-order valence-electron chi connectivity index (χ1n) is 7.51. The summed E-state index contributed by atoms with van der Waals surface area (Å²) in [6.45, 7) is 8.40. The van der Waals surface area contributed by atoms with Gasteiger partial charge in [-0.25, -0.2) is 0 Å². The Kier molecular flexibility index (Phi) is 4.36. The van der Waals surface area contributed by atoms with Crippen molar-refractivity contribution in [1.82, 2.24) is 4.90 Å². The maximum Gasteiger partial charge on any atom is 0.223 e. The minimum Gasteiger partial charge on any atom is -0.399 e. The Hall–Kier alpha value is -1.51. The van der Waals surface area contributed by atoms with E-state index < -0.39 is 0 Å². The lowest BCUT2D eigenvalue weighted by Gasteiger charge is -2.38. The molecule has 3 heteroatoms. The summed E-state index contributed by atoms with van der Waals surface area (Å²) in [7, 11) is 0. The van der Waals surface area contributed by atoms with Crippen LogP contribution in [-0.4, -0.2) is 23.9 Å². The zero-order chi connectivity index (χ0) is 14.8. The number of nitrogen functional groups attached to an aromatic ring is 1. The van der Waals surface area contributed by atoms with Crippen LogP contribution in [0.15, 0.2) is 24.3 Å². The van der Waals surface area contributed by atoms with E-state index in [0.29, 0.717) is 6.42 Å². The van der Waals surface area contributed by atoms with Crippen molar-refractivity contribution in [2.24, 2.45) is 5.41 Å². The number of amides is 1. The Labute approximate surface area is 122 Å². The van der Waals surface area contributed by atoms with Crippen molar-refractivity contribution in [1.29, 1.82) is 0 Å². The van der Waals surface area contributed by atoms with Gasteiger partial charge < -0.3 is 10.6 Å². The third-order valence-corrected chi connectivity index (χ3v) is 4.24. The molecule has 110 valence electrons. The van der Waals surface area contributed by atoms with Crippen molar-refractivity contribution in [3.8, 4) is 0 Å². The molecule has 1 aromatic rings. The Morgan fingerprint density at radius 2 is 2.00 bits per heavy atom. The van der Waals surface area contributed by atoms with Crippen LogP contribution in [0.4, 0.5) is 5.69 Å². The van der Waals surface area contributed by atoms with E-state index in [4.69, 9.17) is 5.73 Å². The number of nitrogens with zero attached hydrogens (tertiary/aromatic N) is 1. The average molecular weight is 274 g/mol. The van der Waals surface area contributed by atoms with Gasteiger partial charge >= 0.3 is 0 Å². The molecular weight excluding hydrogens is 248 g/mol. The van der Waals surface area contributed by atoms with Gasteiger partial charge in [-0.1, -0.05) is 32.9 Å². The van der Waals surface area contributed by atoms with Gasteiger partial charge in [0.25, 0.3) is 0 Å². The highest BCUT2D eigenvalue weighted by Crippen LogP contribution is 2.30. The first-order chi connectivity index (χ1) is 9.37. The lowest BCUT2D eigenvalue weighted by Crippen LogP contribution is -2.43. The van der Waals surface area contributed by atoms with Crippen molar-refractivity contribution < 1.29 is 4.79 Å². The third-order valence-electron chi connectivity index (χ3n) is 4.24. The number of nitrogens with two attached hydrogens (primary N) is 1. The van der Waals surface area contributed by atoms with Crippen molar-refractivity contribution >= 4 is 11.6 Å². The first kappa shape index (κ1) is 14.9. The van der Waals surface area contributed by atoms with Crippen molar-refractivity contribution in [2.75, 3.05) is 18.8 Å². The van der Waals surface area contributed by atoms with E-state index in [1.54, 1.807) is 0 Å². The third kappa shape index (κ3) is 3.75. The topological polar surface area (TPSA) is 46.3 Å². The second-order valence-electron chi connectivity index (χ2n) is 6.85. The number of likely N-dealkylation sites (tertiary alicyclic amines) is 1. The van der Waals surface area contributed by atoms with Gasteiger partial charge in [0.05, 0.1) is 0 Å². The van der Waals surface area contributed by atoms with Gasteiger partial charge in [0.1, 0.15) is 0 Å². The first-order valence-corrected chi connectivity index (χ1v) is 7.51. The molecule has 0 aliphatic carbocycles. The molecule has 1 fully saturated rings. The highest BCUT2D eigenvalue weighted by molar-refractivity contribution is 5.77. The lowest BCUT2D eigenvalue weighted by atomic mass is 9.84. The molecule has 1 aliphatic heterocycles. The minimum atomic E-state index is 0.244. The van der Waals surface area contributed by atoms with E-state index >= 15 is 0 Å². The molecule has 0 aromatic heterocycles. The van der Waals surface area contributed by atoms with E-state index in [9.17, 15) is 4.79 Å². The van der Waals surface area contributed by atoms with Crippen LogP contribution in [0, 0.1) is 5.41 Å². The Bertz CT molecular complexity index is 464. The van der Waals surface area contributed by atoms with Gasteiger partial charge in [-0.05, 0) is 41.9 Å². The van der Waals surface area contributed by atoms with Crippen LogP contribution in [-0.2, 0) is 4.79 Å². The fraction of sp³-hybridized carbons (Fsp3) is 0.588. The summed E-state index contributed by atoms with van der Waals surface area (Å²) in [5.41, 5.74) is 7.91. The fourth-order valence-electron chi connectivity index (χ4n) is 2.97. The van der Waals surface area contributed by atoms with Gasteiger partial charge in [-0.3, -0.25) is 4.79 Å². The highest BCUT2D eigenvalue weighted by atomic mass is 16.2. The van der Waals surface area contributed by atoms with Crippen LogP contribution >= 0.6 is 0 Å². The molecular formula is C17H26N2O. The molecule has 2 N–H and O–H groups in total. The second kappa shape index (κ2) is 5.86. The van der Waals surface area contributed by atoms with Crippen molar-refractivity contribution in [3.05, 3.63) is 29.8 Å². The molecule has 1 amide bonds. The van der Waals surface area contributed by atoms with Crippen LogP contribution < -0.4 is 5.73 Å². The standard InChI is InChI=1S/C17H26N2O/c1-13(14-5-7-15(18)8-6-14)11-16(20)19-10-4-9-17(2,3)12-19/h5-8,13H,4,9-12,18H2,1-3H3. The molecule has 1 atom stereocenters. The number of hydrogen-bond acceptors (Lipinski definition) is 2. The van der Waals surface area contributed by atoms with Crippen LogP contribution in [0.2, 0.25) is 0 Å². The van der Waals surface area contributed by atoms with Gasteiger partial charge in [-0.2, -0.15) is 0 Å². The largest absolute Gasteiger partial charge is 0.399 e. The molecule has 1 saturated heterocycles. The summed E-state index contributed by atoms with van der Waals surface area (Å²) in [6, 6.07) is 7.85. The predicted molar refractivity (Wildman–Crippen MR) is 83.5 cm³/mol. The Balaban J connectivity index is 1.95. The number of piperidine rings is 1. The lowest BCUT2D eigenvalue weighted by molar-refractivity contribution is -0.134. The number of anilines is 1. The minimum absolute atomic E-state index is 0.244. The van der Waals surface area contributed by atoms with E-state index in [1.807, 2.05) is 29.2 Å².